The van der Waals surface area contributed by atoms with Gasteiger partial charge in [0.15, 0.2) is 0 Å². The van der Waals surface area contributed by atoms with Crippen LogP contribution in [0.5, 0.6) is 0 Å². The standard InChI is InChI=1S/C15H14N2O4/c1-2-16-13(19)11-7-8-12(18)17(11)14-9-5-3-4-6-10(9)15(20)21-14/h2-6,11,14H,1,7-8H2,(H,16,19). The van der Waals surface area contributed by atoms with Crippen LogP contribution in [0.3, 0.4) is 0 Å². The normalized spacial score (nSPS) is 23.7. The summed E-state index contributed by atoms with van der Waals surface area (Å²) in [7, 11) is 0. The predicted octanol–water partition coefficient (Wildman–Crippen LogP) is 1.11. The fraction of sp³-hybridized carbons (Fsp3) is 0.267. The van der Waals surface area contributed by atoms with Gasteiger partial charge >= 0.3 is 5.97 Å². The topological polar surface area (TPSA) is 75.7 Å². The zero-order chi connectivity index (χ0) is 15.0. The summed E-state index contributed by atoms with van der Waals surface area (Å²) < 4.78 is 5.30. The molecular formula is C15H14N2O4. The summed E-state index contributed by atoms with van der Waals surface area (Å²) in [4.78, 5) is 37.4. The molecular weight excluding hydrogens is 272 g/mol. The van der Waals surface area contributed by atoms with Crippen molar-refractivity contribution >= 4 is 17.8 Å². The molecule has 3 rings (SSSR count). The van der Waals surface area contributed by atoms with Gasteiger partial charge in [-0.15, -0.1) is 0 Å². The molecule has 2 heterocycles. The fourth-order valence-electron chi connectivity index (χ4n) is 2.78. The van der Waals surface area contributed by atoms with Gasteiger partial charge in [0.1, 0.15) is 6.04 Å². The molecule has 2 aliphatic heterocycles. The minimum Gasteiger partial charge on any atom is -0.433 e. The third-order valence-electron chi connectivity index (χ3n) is 3.72. The van der Waals surface area contributed by atoms with Gasteiger partial charge in [-0.2, -0.15) is 0 Å². The molecule has 0 aliphatic carbocycles. The molecule has 1 fully saturated rings. The van der Waals surface area contributed by atoms with Crippen LogP contribution in [0, 0.1) is 0 Å². The Labute approximate surface area is 121 Å². The summed E-state index contributed by atoms with van der Waals surface area (Å²) >= 11 is 0. The number of esters is 1. The van der Waals surface area contributed by atoms with Gasteiger partial charge in [-0.25, -0.2) is 4.79 Å². The van der Waals surface area contributed by atoms with E-state index in [1.165, 1.54) is 11.1 Å². The molecule has 21 heavy (non-hydrogen) atoms. The van der Waals surface area contributed by atoms with Crippen molar-refractivity contribution in [2.45, 2.75) is 25.1 Å². The van der Waals surface area contributed by atoms with E-state index in [1.54, 1.807) is 24.3 Å². The van der Waals surface area contributed by atoms with Gasteiger partial charge in [0.05, 0.1) is 5.56 Å². The smallest absolute Gasteiger partial charge is 0.340 e. The minimum absolute atomic E-state index is 0.200. The van der Waals surface area contributed by atoms with Crippen LogP contribution in [0.15, 0.2) is 37.0 Å². The Kier molecular flexibility index (Phi) is 3.21. The number of hydrogen-bond donors (Lipinski definition) is 1. The number of rotatable bonds is 3. The van der Waals surface area contributed by atoms with Gasteiger partial charge in [-0.3, -0.25) is 14.5 Å². The molecule has 1 saturated heterocycles. The molecule has 0 radical (unpaired) electrons. The molecule has 1 aromatic carbocycles. The van der Waals surface area contributed by atoms with Crippen molar-refractivity contribution in [3.05, 3.63) is 48.2 Å². The van der Waals surface area contributed by atoms with E-state index >= 15 is 0 Å². The number of fused-ring (bicyclic) bond motifs is 1. The van der Waals surface area contributed by atoms with Crippen LogP contribution in [-0.4, -0.2) is 28.7 Å². The maximum atomic E-state index is 12.1. The minimum atomic E-state index is -0.829. The number of carbonyl (C=O) groups excluding carboxylic acids is 3. The van der Waals surface area contributed by atoms with E-state index in [0.717, 1.165) is 0 Å². The lowest BCUT2D eigenvalue weighted by Crippen LogP contribution is -2.45. The van der Waals surface area contributed by atoms with Crippen molar-refractivity contribution in [2.24, 2.45) is 0 Å². The summed E-state index contributed by atoms with van der Waals surface area (Å²) in [5, 5.41) is 2.49. The molecule has 1 aromatic rings. The summed E-state index contributed by atoms with van der Waals surface area (Å²) in [5.41, 5.74) is 1.05. The lowest BCUT2D eigenvalue weighted by atomic mass is 10.1. The molecule has 2 amide bonds. The highest BCUT2D eigenvalue weighted by Crippen LogP contribution is 2.38. The first-order valence-electron chi connectivity index (χ1n) is 6.66. The molecule has 0 aromatic heterocycles. The van der Waals surface area contributed by atoms with E-state index in [-0.39, 0.29) is 18.2 Å². The second-order valence-corrected chi connectivity index (χ2v) is 4.91. The Bertz CT molecular complexity index is 640. The second kappa shape index (κ2) is 5.05. The molecule has 0 spiro atoms. The highest BCUT2D eigenvalue weighted by molar-refractivity contribution is 5.96. The lowest BCUT2D eigenvalue weighted by molar-refractivity contribution is -0.145. The molecule has 0 saturated carbocycles. The number of amides is 2. The first kappa shape index (κ1) is 13.4. The quantitative estimate of drug-likeness (QED) is 0.844. The van der Waals surface area contributed by atoms with Crippen molar-refractivity contribution in [1.29, 1.82) is 0 Å². The predicted molar refractivity (Wildman–Crippen MR) is 72.8 cm³/mol. The van der Waals surface area contributed by atoms with Crippen molar-refractivity contribution in [3.63, 3.8) is 0 Å². The molecule has 2 unspecified atom stereocenters. The molecule has 1 N–H and O–H groups in total. The number of nitrogens with zero attached hydrogens (tertiary/aromatic N) is 1. The Morgan fingerprint density at radius 2 is 2.14 bits per heavy atom. The Balaban J connectivity index is 1.95. The van der Waals surface area contributed by atoms with Gasteiger partial charge in [0.25, 0.3) is 0 Å². The Morgan fingerprint density at radius 1 is 1.38 bits per heavy atom. The first-order chi connectivity index (χ1) is 10.1. The number of ether oxygens (including phenoxy) is 1. The number of hydrogen-bond acceptors (Lipinski definition) is 4. The van der Waals surface area contributed by atoms with E-state index in [4.69, 9.17) is 4.74 Å². The molecule has 2 aliphatic rings. The molecule has 6 nitrogen and oxygen atoms in total. The van der Waals surface area contributed by atoms with Crippen LogP contribution in [0.2, 0.25) is 0 Å². The van der Waals surface area contributed by atoms with Crippen LogP contribution in [-0.2, 0) is 14.3 Å². The van der Waals surface area contributed by atoms with Crippen LogP contribution in [0.4, 0.5) is 0 Å². The number of cyclic esters (lactones) is 1. The van der Waals surface area contributed by atoms with Gasteiger partial charge in [-0.05, 0) is 18.7 Å². The third-order valence-corrected chi connectivity index (χ3v) is 3.72. The second-order valence-electron chi connectivity index (χ2n) is 4.91. The number of nitrogens with one attached hydrogen (secondary N) is 1. The lowest BCUT2D eigenvalue weighted by Gasteiger charge is -2.28. The maximum absolute atomic E-state index is 12.1. The third kappa shape index (κ3) is 2.08. The number of likely N-dealkylation sites (tertiary alicyclic amines) is 1. The van der Waals surface area contributed by atoms with Gasteiger partial charge in [-0.1, -0.05) is 24.8 Å². The van der Waals surface area contributed by atoms with Crippen molar-refractivity contribution in [3.8, 4) is 0 Å². The van der Waals surface area contributed by atoms with E-state index in [9.17, 15) is 14.4 Å². The SMILES string of the molecule is C=CNC(=O)C1CCC(=O)N1C1OC(=O)c2ccccc21. The summed E-state index contributed by atoms with van der Waals surface area (Å²) in [6.07, 6.45) is 1.10. The van der Waals surface area contributed by atoms with E-state index < -0.39 is 18.2 Å². The Hall–Kier alpha value is -2.63. The van der Waals surface area contributed by atoms with Crippen LogP contribution in [0.25, 0.3) is 0 Å². The van der Waals surface area contributed by atoms with Crippen molar-refractivity contribution in [2.75, 3.05) is 0 Å². The average molecular weight is 286 g/mol. The molecule has 108 valence electrons. The highest BCUT2D eigenvalue weighted by atomic mass is 16.6. The summed E-state index contributed by atoms with van der Waals surface area (Å²) in [6.45, 7) is 3.44. The van der Waals surface area contributed by atoms with Gasteiger partial charge < -0.3 is 10.1 Å². The van der Waals surface area contributed by atoms with Crippen LogP contribution < -0.4 is 5.32 Å². The van der Waals surface area contributed by atoms with Crippen LogP contribution >= 0.6 is 0 Å². The zero-order valence-electron chi connectivity index (χ0n) is 11.2. The highest BCUT2D eigenvalue weighted by Gasteiger charge is 2.45. The van der Waals surface area contributed by atoms with Gasteiger partial charge in [0, 0.05) is 12.0 Å². The van der Waals surface area contributed by atoms with E-state index in [0.29, 0.717) is 17.5 Å². The van der Waals surface area contributed by atoms with Crippen LogP contribution in [0.1, 0.15) is 35.0 Å². The largest absolute Gasteiger partial charge is 0.433 e. The van der Waals surface area contributed by atoms with E-state index in [1.807, 2.05) is 0 Å². The van der Waals surface area contributed by atoms with E-state index in [2.05, 4.69) is 11.9 Å². The van der Waals surface area contributed by atoms with Gasteiger partial charge in [0.2, 0.25) is 18.0 Å². The number of carbonyl (C=O) groups is 3. The molecule has 0 bridgehead atoms. The Morgan fingerprint density at radius 3 is 2.90 bits per heavy atom. The summed E-state index contributed by atoms with van der Waals surface area (Å²) in [6, 6.07) is 6.23. The molecule has 6 heteroatoms. The maximum Gasteiger partial charge on any atom is 0.340 e. The average Bonchev–Trinajstić information content (AvgIpc) is 3.01. The zero-order valence-corrected chi connectivity index (χ0v) is 11.2. The van der Waals surface area contributed by atoms with Crippen molar-refractivity contribution < 1.29 is 19.1 Å². The fourth-order valence-corrected chi connectivity index (χ4v) is 2.78. The monoisotopic (exact) mass is 286 g/mol. The number of benzene rings is 1. The summed E-state index contributed by atoms with van der Waals surface area (Å²) in [5.74, 6) is -0.997. The first-order valence-corrected chi connectivity index (χ1v) is 6.66. The molecule has 2 atom stereocenters. The van der Waals surface area contributed by atoms with Crippen molar-refractivity contribution in [1.82, 2.24) is 10.2 Å².